The van der Waals surface area contributed by atoms with Gasteiger partial charge in [-0.2, -0.15) is 0 Å². The standard InChI is InChI=1S/C21H40BNO4.C2H6.CH4O/c1-15(13-18(24)25-19(2,3)4)9-10-17(23-8)22-26-16-11-12-20(5,6)14-21(16,7)27-22;2*1-2/h15-17,23H,9-14H2,1-8H3;1-2H3;2H,1H3. The minimum atomic E-state index is -0.421. The Hall–Kier alpha value is -0.625. The predicted octanol–water partition coefficient (Wildman–Crippen LogP) is 4.77. The highest BCUT2D eigenvalue weighted by Gasteiger charge is 2.54. The van der Waals surface area contributed by atoms with Crippen molar-refractivity contribution in [2.24, 2.45) is 11.3 Å². The molecule has 2 aliphatic rings. The summed E-state index contributed by atoms with van der Waals surface area (Å²) in [6, 6.07) is 0. The molecule has 0 radical (unpaired) electrons. The lowest BCUT2D eigenvalue weighted by molar-refractivity contribution is -0.155. The Morgan fingerprint density at radius 1 is 1.23 bits per heavy atom. The van der Waals surface area contributed by atoms with Crippen LogP contribution >= 0.6 is 0 Å². The minimum absolute atomic E-state index is 0.120. The first-order valence-corrected chi connectivity index (χ1v) is 12.0. The number of nitrogens with one attached hydrogen (secondary N) is 1. The summed E-state index contributed by atoms with van der Waals surface area (Å²) >= 11 is 0. The summed E-state index contributed by atoms with van der Waals surface area (Å²) in [5, 5.41) is 10.4. The molecule has 31 heavy (non-hydrogen) atoms. The molecule has 2 rings (SSSR count). The van der Waals surface area contributed by atoms with Gasteiger partial charge in [0.15, 0.2) is 0 Å². The highest BCUT2D eigenvalue weighted by atomic mass is 16.7. The molecule has 2 fully saturated rings. The van der Waals surface area contributed by atoms with Crippen LogP contribution in [0.3, 0.4) is 0 Å². The average molecular weight is 443 g/mol. The second-order valence-corrected chi connectivity index (χ2v) is 10.7. The molecule has 0 spiro atoms. The van der Waals surface area contributed by atoms with Gasteiger partial charge in [0, 0.05) is 19.5 Å². The zero-order valence-electron chi connectivity index (χ0n) is 22.1. The maximum Gasteiger partial charge on any atom is 0.475 e. The Bertz CT molecular complexity index is 523. The predicted molar refractivity (Wildman–Crippen MR) is 129 cm³/mol. The Labute approximate surface area is 192 Å². The van der Waals surface area contributed by atoms with Crippen molar-refractivity contribution < 1.29 is 23.9 Å². The Balaban J connectivity index is 0.00000212. The zero-order chi connectivity index (χ0) is 24.5. The van der Waals surface area contributed by atoms with Crippen LogP contribution in [0.1, 0.15) is 101 Å². The second kappa shape index (κ2) is 13.2. The van der Waals surface area contributed by atoms with Gasteiger partial charge < -0.3 is 24.5 Å². The Kier molecular flexibility index (Phi) is 12.9. The van der Waals surface area contributed by atoms with E-state index in [1.807, 2.05) is 41.7 Å². The summed E-state index contributed by atoms with van der Waals surface area (Å²) in [5.41, 5.74) is -0.306. The molecule has 4 unspecified atom stereocenters. The quantitative estimate of drug-likeness (QED) is 0.436. The zero-order valence-corrected chi connectivity index (χ0v) is 22.1. The van der Waals surface area contributed by atoms with Gasteiger partial charge in [-0.15, -0.1) is 0 Å². The molecule has 0 aromatic carbocycles. The lowest BCUT2D eigenvalue weighted by Gasteiger charge is -2.43. The van der Waals surface area contributed by atoms with E-state index in [-0.39, 0.29) is 36.7 Å². The van der Waals surface area contributed by atoms with E-state index in [9.17, 15) is 4.79 Å². The van der Waals surface area contributed by atoms with Crippen molar-refractivity contribution >= 4 is 13.1 Å². The molecule has 1 aliphatic carbocycles. The van der Waals surface area contributed by atoms with E-state index in [0.29, 0.717) is 11.8 Å². The van der Waals surface area contributed by atoms with Crippen molar-refractivity contribution in [2.45, 2.75) is 124 Å². The first-order chi connectivity index (χ1) is 14.3. The van der Waals surface area contributed by atoms with E-state index in [1.165, 1.54) is 6.42 Å². The molecule has 0 amide bonds. The third-order valence-electron chi connectivity index (χ3n) is 5.88. The van der Waals surface area contributed by atoms with Gasteiger partial charge in [0.25, 0.3) is 0 Å². The molecule has 0 aromatic rings. The van der Waals surface area contributed by atoms with Crippen molar-refractivity contribution in [2.75, 3.05) is 14.2 Å². The smallest absolute Gasteiger partial charge is 0.460 e. The fourth-order valence-electron chi connectivity index (χ4n) is 4.59. The van der Waals surface area contributed by atoms with E-state index in [4.69, 9.17) is 19.2 Å². The summed E-state index contributed by atoms with van der Waals surface area (Å²) in [4.78, 5) is 12.0. The first kappa shape index (κ1) is 30.4. The summed E-state index contributed by atoms with van der Waals surface area (Å²) in [6.07, 6.45) is 5.76. The topological polar surface area (TPSA) is 77.0 Å². The van der Waals surface area contributed by atoms with Gasteiger partial charge in [-0.25, -0.2) is 0 Å². The molecule has 6 nitrogen and oxygen atoms in total. The van der Waals surface area contributed by atoms with Gasteiger partial charge in [-0.05, 0) is 78.2 Å². The second-order valence-electron chi connectivity index (χ2n) is 10.7. The van der Waals surface area contributed by atoms with Crippen LogP contribution in [-0.2, 0) is 18.8 Å². The molecule has 1 saturated carbocycles. The van der Waals surface area contributed by atoms with Crippen LogP contribution in [0.4, 0.5) is 0 Å². The minimum Gasteiger partial charge on any atom is -0.460 e. The SMILES string of the molecule is CC.CNC(CCC(C)CC(=O)OC(C)(C)C)B1OC2CCC(C)(C)CC2(C)O1.CO. The van der Waals surface area contributed by atoms with Gasteiger partial charge in [0.2, 0.25) is 0 Å². The van der Waals surface area contributed by atoms with Crippen LogP contribution in [0, 0.1) is 11.3 Å². The van der Waals surface area contributed by atoms with Gasteiger partial charge in [-0.1, -0.05) is 34.6 Å². The molecule has 0 aromatic heterocycles. The number of carbonyl (C=O) groups excluding carboxylic acids is 1. The van der Waals surface area contributed by atoms with E-state index >= 15 is 0 Å². The van der Waals surface area contributed by atoms with Crippen molar-refractivity contribution in [3.63, 3.8) is 0 Å². The number of esters is 1. The molecule has 1 aliphatic heterocycles. The maximum absolute atomic E-state index is 12.0. The molecule has 1 saturated heterocycles. The normalized spacial score (nSPS) is 26.5. The van der Waals surface area contributed by atoms with Crippen LogP contribution in [0.15, 0.2) is 0 Å². The van der Waals surface area contributed by atoms with Crippen molar-refractivity contribution in [3.05, 3.63) is 0 Å². The Morgan fingerprint density at radius 3 is 2.32 bits per heavy atom. The van der Waals surface area contributed by atoms with Crippen molar-refractivity contribution in [3.8, 4) is 0 Å². The van der Waals surface area contributed by atoms with E-state index in [1.54, 1.807) is 0 Å². The molecular formula is C24H50BNO5. The number of ether oxygens (including phenoxy) is 1. The van der Waals surface area contributed by atoms with Gasteiger partial charge >= 0.3 is 13.1 Å². The number of rotatable bonds is 7. The largest absolute Gasteiger partial charge is 0.475 e. The Morgan fingerprint density at radius 2 is 1.81 bits per heavy atom. The van der Waals surface area contributed by atoms with Crippen LogP contribution in [0.25, 0.3) is 0 Å². The molecule has 0 bridgehead atoms. The third kappa shape index (κ3) is 10.2. The number of hydrogen-bond acceptors (Lipinski definition) is 6. The fourth-order valence-corrected chi connectivity index (χ4v) is 4.59. The van der Waals surface area contributed by atoms with Crippen LogP contribution < -0.4 is 5.32 Å². The van der Waals surface area contributed by atoms with Gasteiger partial charge in [-0.3, -0.25) is 4.79 Å². The molecule has 184 valence electrons. The molecule has 2 N–H and O–H groups in total. The summed E-state index contributed by atoms with van der Waals surface area (Å²) < 4.78 is 18.2. The number of aliphatic hydroxyl groups is 1. The molecule has 7 heteroatoms. The number of carbonyl (C=O) groups is 1. The lowest BCUT2D eigenvalue weighted by Crippen LogP contribution is -2.46. The van der Waals surface area contributed by atoms with Crippen LogP contribution in [0.2, 0.25) is 0 Å². The highest BCUT2D eigenvalue weighted by molar-refractivity contribution is 6.47. The molecular weight excluding hydrogens is 393 g/mol. The summed E-state index contributed by atoms with van der Waals surface area (Å²) in [5.74, 6) is 0.288. The average Bonchev–Trinajstić information content (AvgIpc) is 2.98. The van der Waals surface area contributed by atoms with Crippen LogP contribution in [-0.4, -0.2) is 55.6 Å². The third-order valence-corrected chi connectivity index (χ3v) is 5.88. The van der Waals surface area contributed by atoms with E-state index in [0.717, 1.165) is 32.8 Å². The molecule has 1 heterocycles. The van der Waals surface area contributed by atoms with Gasteiger partial charge in [0.1, 0.15) is 5.60 Å². The lowest BCUT2D eigenvalue weighted by atomic mass is 9.69. The highest BCUT2D eigenvalue weighted by Crippen LogP contribution is 2.47. The van der Waals surface area contributed by atoms with Crippen molar-refractivity contribution in [1.29, 1.82) is 0 Å². The van der Waals surface area contributed by atoms with Crippen LogP contribution in [0.5, 0.6) is 0 Å². The van der Waals surface area contributed by atoms with Gasteiger partial charge in [0.05, 0.1) is 11.7 Å². The molecule has 4 atom stereocenters. The number of aliphatic hydroxyl groups excluding tert-OH is 1. The van der Waals surface area contributed by atoms with E-state index < -0.39 is 5.60 Å². The summed E-state index contributed by atoms with van der Waals surface area (Å²) in [6.45, 7) is 18.7. The van der Waals surface area contributed by atoms with Crippen molar-refractivity contribution in [1.82, 2.24) is 5.32 Å². The monoisotopic (exact) mass is 443 g/mol. The first-order valence-electron chi connectivity index (χ1n) is 12.0. The maximum atomic E-state index is 12.0. The fraction of sp³-hybridized carbons (Fsp3) is 0.958. The number of fused-ring (bicyclic) bond motifs is 1. The van der Waals surface area contributed by atoms with E-state index in [2.05, 4.69) is 33.0 Å². The summed E-state index contributed by atoms with van der Waals surface area (Å²) in [7, 11) is 2.75. The number of hydrogen-bond donors (Lipinski definition) is 2.